The molecule has 0 spiro atoms. The van der Waals surface area contributed by atoms with Gasteiger partial charge in [-0.2, -0.15) is 0 Å². The van der Waals surface area contributed by atoms with Crippen LogP contribution in [0, 0.1) is 5.92 Å². The average Bonchev–Trinajstić information content (AvgIpc) is 2.41. The molecule has 0 bridgehead atoms. The minimum absolute atomic E-state index is 0.0502. The molecule has 0 aliphatic carbocycles. The number of likely N-dealkylation sites (tertiary alicyclic amines) is 1. The van der Waals surface area contributed by atoms with E-state index in [-0.39, 0.29) is 12.0 Å². The number of esters is 1. The van der Waals surface area contributed by atoms with E-state index in [1.807, 2.05) is 6.92 Å². The highest BCUT2D eigenvalue weighted by atomic mass is 16.5. The summed E-state index contributed by atoms with van der Waals surface area (Å²) in [7, 11) is 0. The van der Waals surface area contributed by atoms with E-state index in [4.69, 9.17) is 4.74 Å². The molecule has 20 heavy (non-hydrogen) atoms. The van der Waals surface area contributed by atoms with Crippen LogP contribution in [0.3, 0.4) is 0 Å². The predicted molar refractivity (Wildman–Crippen MR) is 82.8 cm³/mol. The van der Waals surface area contributed by atoms with Gasteiger partial charge in [0.2, 0.25) is 0 Å². The van der Waals surface area contributed by atoms with Gasteiger partial charge in [0.25, 0.3) is 0 Å². The Morgan fingerprint density at radius 3 is 2.70 bits per heavy atom. The standard InChI is InChI=1S/C16H32N2O2/c1-5-15(16(19)20-6-2)18-10-8-7-9-14(18)12-17-11-13(3)4/h13-15,17H,5-12H2,1-4H3. The fourth-order valence-electron chi connectivity index (χ4n) is 2.97. The van der Waals surface area contributed by atoms with Gasteiger partial charge in [0.1, 0.15) is 6.04 Å². The summed E-state index contributed by atoms with van der Waals surface area (Å²) in [5.41, 5.74) is 0. The van der Waals surface area contributed by atoms with Crippen LogP contribution in [0.25, 0.3) is 0 Å². The van der Waals surface area contributed by atoms with Crippen LogP contribution in [0.2, 0.25) is 0 Å². The van der Waals surface area contributed by atoms with Crippen LogP contribution >= 0.6 is 0 Å². The Morgan fingerprint density at radius 1 is 1.35 bits per heavy atom. The van der Waals surface area contributed by atoms with E-state index < -0.39 is 0 Å². The van der Waals surface area contributed by atoms with Crippen LogP contribution in [0.5, 0.6) is 0 Å². The van der Waals surface area contributed by atoms with E-state index >= 15 is 0 Å². The zero-order valence-corrected chi connectivity index (χ0v) is 13.7. The molecule has 2 atom stereocenters. The number of ether oxygens (including phenoxy) is 1. The molecule has 1 aliphatic rings. The lowest BCUT2D eigenvalue weighted by Crippen LogP contribution is -2.53. The number of hydrogen-bond donors (Lipinski definition) is 1. The van der Waals surface area contributed by atoms with Gasteiger partial charge in [-0.05, 0) is 45.2 Å². The highest BCUT2D eigenvalue weighted by molar-refractivity contribution is 5.75. The third-order valence-corrected chi connectivity index (χ3v) is 3.95. The highest BCUT2D eigenvalue weighted by Crippen LogP contribution is 2.21. The minimum Gasteiger partial charge on any atom is -0.465 e. The average molecular weight is 284 g/mol. The maximum absolute atomic E-state index is 12.1. The number of nitrogens with one attached hydrogen (secondary N) is 1. The Hall–Kier alpha value is -0.610. The van der Waals surface area contributed by atoms with Gasteiger partial charge in [-0.15, -0.1) is 0 Å². The zero-order chi connectivity index (χ0) is 15.0. The van der Waals surface area contributed by atoms with Crippen molar-refractivity contribution in [2.75, 3.05) is 26.2 Å². The fourth-order valence-corrected chi connectivity index (χ4v) is 2.97. The maximum atomic E-state index is 12.1. The highest BCUT2D eigenvalue weighted by Gasteiger charge is 2.32. The topological polar surface area (TPSA) is 41.6 Å². The van der Waals surface area contributed by atoms with Crippen molar-refractivity contribution in [1.29, 1.82) is 0 Å². The van der Waals surface area contributed by atoms with Crippen molar-refractivity contribution >= 4 is 5.97 Å². The molecule has 118 valence electrons. The molecule has 1 aliphatic heterocycles. The summed E-state index contributed by atoms with van der Waals surface area (Å²) in [5.74, 6) is 0.616. The molecule has 0 saturated carbocycles. The monoisotopic (exact) mass is 284 g/mol. The van der Waals surface area contributed by atoms with Gasteiger partial charge in [-0.3, -0.25) is 9.69 Å². The fraction of sp³-hybridized carbons (Fsp3) is 0.938. The van der Waals surface area contributed by atoms with Crippen molar-refractivity contribution in [3.05, 3.63) is 0 Å². The Balaban J connectivity index is 2.58. The molecule has 4 nitrogen and oxygen atoms in total. The normalized spacial score (nSPS) is 21.9. The molecule has 0 aromatic carbocycles. The molecule has 1 fully saturated rings. The lowest BCUT2D eigenvalue weighted by Gasteiger charge is -2.40. The quantitative estimate of drug-likeness (QED) is 0.695. The van der Waals surface area contributed by atoms with Crippen LogP contribution in [-0.4, -0.2) is 49.2 Å². The van der Waals surface area contributed by atoms with Crippen molar-refractivity contribution in [3.63, 3.8) is 0 Å². The van der Waals surface area contributed by atoms with Crippen molar-refractivity contribution in [2.45, 2.75) is 65.5 Å². The van der Waals surface area contributed by atoms with E-state index in [0.717, 1.165) is 26.1 Å². The maximum Gasteiger partial charge on any atom is 0.323 e. The van der Waals surface area contributed by atoms with Gasteiger partial charge < -0.3 is 10.1 Å². The second-order valence-electron chi connectivity index (χ2n) is 6.12. The van der Waals surface area contributed by atoms with Crippen LogP contribution in [0.1, 0.15) is 53.4 Å². The first-order chi connectivity index (χ1) is 9.60. The molecule has 4 heteroatoms. The van der Waals surface area contributed by atoms with Crippen LogP contribution in [-0.2, 0) is 9.53 Å². The number of carbonyl (C=O) groups excluding carboxylic acids is 1. The Bertz CT molecular complexity index is 282. The molecule has 1 heterocycles. The first-order valence-electron chi connectivity index (χ1n) is 8.23. The lowest BCUT2D eigenvalue weighted by molar-refractivity contribution is -0.151. The summed E-state index contributed by atoms with van der Waals surface area (Å²) >= 11 is 0. The molecule has 1 rings (SSSR count). The molecular weight excluding hydrogens is 252 g/mol. The third-order valence-electron chi connectivity index (χ3n) is 3.95. The molecule has 0 radical (unpaired) electrons. The molecule has 1 saturated heterocycles. The van der Waals surface area contributed by atoms with Gasteiger partial charge in [0.15, 0.2) is 0 Å². The van der Waals surface area contributed by atoms with E-state index in [1.165, 1.54) is 19.3 Å². The second-order valence-corrected chi connectivity index (χ2v) is 6.12. The summed E-state index contributed by atoms with van der Waals surface area (Å²) in [6.45, 7) is 11.9. The van der Waals surface area contributed by atoms with Gasteiger partial charge in [0, 0.05) is 12.6 Å². The molecule has 0 amide bonds. The number of nitrogens with zero attached hydrogens (tertiary/aromatic N) is 1. The smallest absolute Gasteiger partial charge is 0.323 e. The number of carbonyl (C=O) groups is 1. The molecule has 1 N–H and O–H groups in total. The SMILES string of the molecule is CCOC(=O)C(CC)N1CCCCC1CNCC(C)C. The first kappa shape index (κ1) is 17.4. The molecule has 0 aromatic heterocycles. The van der Waals surface area contributed by atoms with Gasteiger partial charge in [-0.1, -0.05) is 27.2 Å². The van der Waals surface area contributed by atoms with Gasteiger partial charge >= 0.3 is 5.97 Å². The van der Waals surface area contributed by atoms with Crippen LogP contribution in [0.4, 0.5) is 0 Å². The third kappa shape index (κ3) is 5.41. The molecule has 0 aromatic rings. The van der Waals surface area contributed by atoms with E-state index in [9.17, 15) is 4.79 Å². The second kappa shape index (κ2) is 9.35. The zero-order valence-electron chi connectivity index (χ0n) is 13.7. The van der Waals surface area contributed by atoms with Crippen molar-refractivity contribution in [1.82, 2.24) is 10.2 Å². The Labute approximate surface area is 124 Å². The van der Waals surface area contributed by atoms with Crippen molar-refractivity contribution in [2.24, 2.45) is 5.92 Å². The number of rotatable bonds is 8. The van der Waals surface area contributed by atoms with E-state index in [1.54, 1.807) is 0 Å². The van der Waals surface area contributed by atoms with E-state index in [0.29, 0.717) is 18.6 Å². The van der Waals surface area contributed by atoms with Crippen molar-refractivity contribution in [3.8, 4) is 0 Å². The van der Waals surface area contributed by atoms with Crippen molar-refractivity contribution < 1.29 is 9.53 Å². The van der Waals surface area contributed by atoms with Crippen LogP contribution in [0.15, 0.2) is 0 Å². The summed E-state index contributed by atoms with van der Waals surface area (Å²) in [6.07, 6.45) is 4.47. The largest absolute Gasteiger partial charge is 0.465 e. The summed E-state index contributed by atoms with van der Waals surface area (Å²) in [6, 6.07) is 0.401. The number of hydrogen-bond acceptors (Lipinski definition) is 4. The molecular formula is C16H32N2O2. The van der Waals surface area contributed by atoms with Gasteiger partial charge in [0.05, 0.1) is 6.61 Å². The summed E-state index contributed by atoms with van der Waals surface area (Å²) in [4.78, 5) is 14.5. The Morgan fingerprint density at radius 2 is 2.10 bits per heavy atom. The Kier molecular flexibility index (Phi) is 8.15. The van der Waals surface area contributed by atoms with Gasteiger partial charge in [-0.25, -0.2) is 0 Å². The number of piperidine rings is 1. The lowest BCUT2D eigenvalue weighted by atomic mass is 9.98. The van der Waals surface area contributed by atoms with E-state index in [2.05, 4.69) is 31.0 Å². The summed E-state index contributed by atoms with van der Waals surface area (Å²) < 4.78 is 5.24. The minimum atomic E-state index is -0.0684. The van der Waals surface area contributed by atoms with Crippen LogP contribution < -0.4 is 5.32 Å². The predicted octanol–water partition coefficient (Wildman–Crippen LogP) is 2.43. The molecule has 2 unspecified atom stereocenters. The summed E-state index contributed by atoms with van der Waals surface area (Å²) in [5, 5.41) is 3.54. The first-order valence-corrected chi connectivity index (χ1v) is 8.23.